The third-order valence-electron chi connectivity index (χ3n) is 7.02. The Morgan fingerprint density at radius 1 is 0.538 bits per heavy atom. The molecule has 3 heteroatoms. The van der Waals surface area contributed by atoms with Gasteiger partial charge in [0.2, 0.25) is 0 Å². The fourth-order valence-electron chi connectivity index (χ4n) is 5.06. The molecule has 0 amide bonds. The van der Waals surface area contributed by atoms with Crippen molar-refractivity contribution in [3.05, 3.63) is 113 Å². The smallest absolute Gasteiger partial charge is 0.0849 e. The maximum absolute atomic E-state index is 5.20. The first-order valence-corrected chi connectivity index (χ1v) is 14.4. The van der Waals surface area contributed by atoms with Crippen LogP contribution in [0.4, 0.5) is 11.4 Å². The summed E-state index contributed by atoms with van der Waals surface area (Å²) in [5, 5.41) is 0. The molecule has 0 fully saturated rings. The quantitative estimate of drug-likeness (QED) is 0.183. The van der Waals surface area contributed by atoms with Crippen molar-refractivity contribution in [2.24, 2.45) is 9.98 Å². The lowest BCUT2D eigenvalue weighted by Gasteiger charge is -2.13. The summed E-state index contributed by atoms with van der Waals surface area (Å²) in [5.74, 6) is 0. The van der Waals surface area contributed by atoms with Crippen LogP contribution in [-0.4, -0.2) is 16.4 Å². The van der Waals surface area contributed by atoms with Crippen LogP contribution in [0.5, 0.6) is 0 Å². The van der Waals surface area contributed by atoms with Gasteiger partial charge in [0.25, 0.3) is 0 Å². The molecular formula is C36H41N3. The fraction of sp³-hybridized carbons (Fsp3) is 0.306. The van der Waals surface area contributed by atoms with E-state index in [2.05, 4.69) is 113 Å². The zero-order valence-electron chi connectivity index (χ0n) is 24.2. The molecule has 0 radical (unpaired) electrons. The van der Waals surface area contributed by atoms with E-state index in [0.29, 0.717) is 0 Å². The molecule has 0 aliphatic heterocycles. The number of aliphatic imine (C=N–C) groups is 2. The molecule has 0 unspecified atom stereocenters. The second-order valence-electron chi connectivity index (χ2n) is 10.2. The molecule has 4 aromatic rings. The molecule has 4 rings (SSSR count). The lowest BCUT2D eigenvalue weighted by atomic mass is 9.98. The number of aromatic nitrogens is 1. The highest BCUT2D eigenvalue weighted by Gasteiger charge is 2.13. The van der Waals surface area contributed by atoms with E-state index >= 15 is 0 Å². The standard InChI is InChI=1S/C36H41N3/c1-6-15-29-20-12-21-30(16-7-2)35(29)37-26(4)33-24-14-25-34(39-33)27(5)38-36-31(17-8-3)22-13-23-32(36)28-18-10-9-11-19-28/h9-14,18-25H,6-8,15-17H2,1-5H3. The molecule has 0 N–H and O–H groups in total. The van der Waals surface area contributed by atoms with Gasteiger partial charge in [-0.3, -0.25) is 9.98 Å². The van der Waals surface area contributed by atoms with Crippen LogP contribution in [0.25, 0.3) is 11.1 Å². The first-order valence-electron chi connectivity index (χ1n) is 14.4. The van der Waals surface area contributed by atoms with Crippen LogP contribution in [0.3, 0.4) is 0 Å². The Bertz CT molecular complexity index is 1420. The lowest BCUT2D eigenvalue weighted by molar-refractivity contribution is 0.895. The summed E-state index contributed by atoms with van der Waals surface area (Å²) < 4.78 is 0. The topological polar surface area (TPSA) is 37.6 Å². The van der Waals surface area contributed by atoms with Gasteiger partial charge in [0.15, 0.2) is 0 Å². The van der Waals surface area contributed by atoms with Gasteiger partial charge in [-0.05, 0) is 67.5 Å². The Labute approximate surface area is 234 Å². The van der Waals surface area contributed by atoms with Crippen LogP contribution in [0, 0.1) is 0 Å². The molecule has 200 valence electrons. The summed E-state index contributed by atoms with van der Waals surface area (Å²) in [6.45, 7) is 10.8. The molecule has 0 aliphatic carbocycles. The molecule has 0 bridgehead atoms. The summed E-state index contributed by atoms with van der Waals surface area (Å²) in [5.41, 5.74) is 12.0. The first kappa shape index (κ1) is 28.2. The minimum atomic E-state index is 0.878. The van der Waals surface area contributed by atoms with Gasteiger partial charge in [-0.2, -0.15) is 0 Å². The monoisotopic (exact) mass is 515 g/mol. The van der Waals surface area contributed by atoms with Crippen molar-refractivity contribution in [1.82, 2.24) is 4.98 Å². The third-order valence-corrected chi connectivity index (χ3v) is 7.02. The highest BCUT2D eigenvalue weighted by atomic mass is 14.8. The largest absolute Gasteiger partial charge is 0.251 e. The highest BCUT2D eigenvalue weighted by Crippen LogP contribution is 2.35. The van der Waals surface area contributed by atoms with Gasteiger partial charge in [0.05, 0.1) is 34.2 Å². The second-order valence-corrected chi connectivity index (χ2v) is 10.2. The molecule has 0 spiro atoms. The van der Waals surface area contributed by atoms with Gasteiger partial charge in [0.1, 0.15) is 0 Å². The van der Waals surface area contributed by atoms with Crippen LogP contribution in [0.1, 0.15) is 82.0 Å². The van der Waals surface area contributed by atoms with Crippen LogP contribution >= 0.6 is 0 Å². The predicted octanol–water partition coefficient (Wildman–Crippen LogP) is 9.89. The van der Waals surface area contributed by atoms with E-state index in [9.17, 15) is 0 Å². The molecule has 0 saturated carbocycles. The minimum absolute atomic E-state index is 0.878. The fourth-order valence-corrected chi connectivity index (χ4v) is 5.06. The Kier molecular flexibility index (Phi) is 9.97. The normalized spacial score (nSPS) is 12.1. The summed E-state index contributed by atoms with van der Waals surface area (Å²) in [7, 11) is 0. The van der Waals surface area contributed by atoms with Gasteiger partial charge >= 0.3 is 0 Å². The van der Waals surface area contributed by atoms with Crippen molar-refractivity contribution in [2.45, 2.75) is 73.1 Å². The number of aryl methyl sites for hydroxylation is 3. The van der Waals surface area contributed by atoms with E-state index < -0.39 is 0 Å². The van der Waals surface area contributed by atoms with Gasteiger partial charge in [-0.1, -0.05) is 113 Å². The second kappa shape index (κ2) is 13.8. The number of rotatable bonds is 11. The van der Waals surface area contributed by atoms with E-state index in [1.165, 1.54) is 22.3 Å². The molecule has 1 heterocycles. The molecular weight excluding hydrogens is 474 g/mol. The van der Waals surface area contributed by atoms with Gasteiger partial charge in [0, 0.05) is 5.56 Å². The summed E-state index contributed by atoms with van der Waals surface area (Å²) in [4.78, 5) is 15.4. The Balaban J connectivity index is 1.75. The summed E-state index contributed by atoms with van der Waals surface area (Å²) >= 11 is 0. The first-order chi connectivity index (χ1) is 19.0. The van der Waals surface area contributed by atoms with E-state index in [4.69, 9.17) is 15.0 Å². The molecule has 1 aromatic heterocycles. The van der Waals surface area contributed by atoms with Gasteiger partial charge < -0.3 is 0 Å². The van der Waals surface area contributed by atoms with Crippen molar-refractivity contribution in [3.8, 4) is 11.1 Å². The molecule has 3 aromatic carbocycles. The molecule has 0 saturated heterocycles. The summed E-state index contributed by atoms with van der Waals surface area (Å²) in [6.07, 6.45) is 6.33. The maximum atomic E-state index is 5.20. The van der Waals surface area contributed by atoms with E-state index in [1.807, 2.05) is 6.07 Å². The SMILES string of the molecule is CCCc1cccc(CCC)c1N=C(C)c1cccc(C(C)=Nc2c(CCC)cccc2-c2ccccc2)n1. The maximum Gasteiger partial charge on any atom is 0.0849 e. The van der Waals surface area contributed by atoms with E-state index in [-0.39, 0.29) is 0 Å². The molecule has 3 nitrogen and oxygen atoms in total. The Hall–Kier alpha value is -3.85. The van der Waals surface area contributed by atoms with Crippen LogP contribution in [-0.2, 0) is 19.3 Å². The minimum Gasteiger partial charge on any atom is -0.251 e. The number of benzene rings is 3. The van der Waals surface area contributed by atoms with E-state index in [0.717, 1.165) is 78.3 Å². The average molecular weight is 516 g/mol. The van der Waals surface area contributed by atoms with Crippen molar-refractivity contribution in [2.75, 3.05) is 0 Å². The zero-order chi connectivity index (χ0) is 27.6. The average Bonchev–Trinajstić information content (AvgIpc) is 2.96. The number of para-hydroxylation sites is 2. The predicted molar refractivity (Wildman–Crippen MR) is 168 cm³/mol. The number of hydrogen-bond donors (Lipinski definition) is 0. The van der Waals surface area contributed by atoms with Crippen molar-refractivity contribution < 1.29 is 0 Å². The van der Waals surface area contributed by atoms with Crippen molar-refractivity contribution in [1.29, 1.82) is 0 Å². The zero-order valence-corrected chi connectivity index (χ0v) is 24.2. The molecule has 0 atom stereocenters. The van der Waals surface area contributed by atoms with Gasteiger partial charge in [-0.25, -0.2) is 4.98 Å². The van der Waals surface area contributed by atoms with E-state index in [1.54, 1.807) is 0 Å². The molecule has 39 heavy (non-hydrogen) atoms. The van der Waals surface area contributed by atoms with Crippen molar-refractivity contribution >= 4 is 22.8 Å². The highest BCUT2D eigenvalue weighted by molar-refractivity contribution is 6.03. The van der Waals surface area contributed by atoms with Crippen LogP contribution in [0.2, 0.25) is 0 Å². The lowest BCUT2D eigenvalue weighted by Crippen LogP contribution is -2.06. The van der Waals surface area contributed by atoms with Gasteiger partial charge in [-0.15, -0.1) is 0 Å². The van der Waals surface area contributed by atoms with Crippen LogP contribution < -0.4 is 0 Å². The third kappa shape index (κ3) is 6.97. The van der Waals surface area contributed by atoms with Crippen molar-refractivity contribution in [3.63, 3.8) is 0 Å². The number of pyridine rings is 1. The Morgan fingerprint density at radius 2 is 1.00 bits per heavy atom. The summed E-state index contributed by atoms with van der Waals surface area (Å²) in [6, 6.07) is 29.8. The Morgan fingerprint density at radius 3 is 1.54 bits per heavy atom. The molecule has 0 aliphatic rings. The number of nitrogens with zero attached hydrogens (tertiary/aromatic N) is 3. The van der Waals surface area contributed by atoms with Crippen LogP contribution in [0.15, 0.2) is 94.9 Å². The number of hydrogen-bond acceptors (Lipinski definition) is 3.